The largest absolute Gasteiger partial charge is 0.360 e. The van der Waals surface area contributed by atoms with Crippen molar-refractivity contribution in [2.75, 3.05) is 10.6 Å². The molecule has 2 rings (SSSR count). The highest BCUT2D eigenvalue weighted by molar-refractivity contribution is 6.07. The maximum absolute atomic E-state index is 12.5. The van der Waals surface area contributed by atoms with Crippen LogP contribution < -0.4 is 10.6 Å². The normalized spacial score (nSPS) is 11.8. The van der Waals surface area contributed by atoms with E-state index in [4.69, 9.17) is 0 Å². The van der Waals surface area contributed by atoms with Crippen molar-refractivity contribution in [2.24, 2.45) is 0 Å². The standard InChI is InChI=1S/C23H27N3O/c1-16(2)20-8-6-7-9-21(20)26-22(27)17(14-24)15-25-19-12-10-18(11-13-19)23(3,4)5/h6-13,15-16,25H,1-5H3,(H,26,27)/b17-15-. The molecule has 1 amide bonds. The molecule has 2 aromatic rings. The topological polar surface area (TPSA) is 64.9 Å². The van der Waals surface area contributed by atoms with Gasteiger partial charge >= 0.3 is 0 Å². The van der Waals surface area contributed by atoms with Gasteiger partial charge in [0.05, 0.1) is 0 Å². The molecule has 0 aliphatic rings. The van der Waals surface area contributed by atoms with Gasteiger partial charge in [-0.3, -0.25) is 4.79 Å². The first kappa shape index (κ1) is 20.3. The van der Waals surface area contributed by atoms with Gasteiger partial charge in [0, 0.05) is 17.6 Å². The first-order valence-electron chi connectivity index (χ1n) is 9.10. The lowest BCUT2D eigenvalue weighted by atomic mass is 9.87. The Morgan fingerprint density at radius 3 is 2.26 bits per heavy atom. The van der Waals surface area contributed by atoms with Gasteiger partial charge in [0.1, 0.15) is 11.6 Å². The predicted octanol–water partition coefficient (Wildman–Crippen LogP) is 5.57. The van der Waals surface area contributed by atoms with Crippen LogP contribution in [0.3, 0.4) is 0 Å². The van der Waals surface area contributed by atoms with Gasteiger partial charge in [-0.25, -0.2) is 0 Å². The molecular formula is C23H27N3O. The number of rotatable bonds is 5. The monoisotopic (exact) mass is 361 g/mol. The fourth-order valence-electron chi connectivity index (χ4n) is 2.67. The quantitative estimate of drug-likeness (QED) is 0.541. The van der Waals surface area contributed by atoms with E-state index in [1.54, 1.807) is 0 Å². The molecule has 2 aromatic carbocycles. The minimum atomic E-state index is -0.426. The van der Waals surface area contributed by atoms with Crippen LogP contribution in [0.5, 0.6) is 0 Å². The second-order valence-corrected chi connectivity index (χ2v) is 7.84. The number of carbonyl (C=O) groups is 1. The summed E-state index contributed by atoms with van der Waals surface area (Å²) >= 11 is 0. The van der Waals surface area contributed by atoms with E-state index in [0.29, 0.717) is 0 Å². The van der Waals surface area contributed by atoms with E-state index in [-0.39, 0.29) is 16.9 Å². The average Bonchev–Trinajstić information content (AvgIpc) is 2.62. The highest BCUT2D eigenvalue weighted by Gasteiger charge is 2.14. The number of nitriles is 1. The van der Waals surface area contributed by atoms with E-state index < -0.39 is 5.91 Å². The summed E-state index contributed by atoms with van der Waals surface area (Å²) in [5, 5.41) is 15.2. The summed E-state index contributed by atoms with van der Waals surface area (Å²) in [5.74, 6) is -0.153. The molecule has 0 fully saturated rings. The van der Waals surface area contributed by atoms with E-state index >= 15 is 0 Å². The summed E-state index contributed by atoms with van der Waals surface area (Å²) in [6.45, 7) is 10.6. The number of nitrogens with one attached hydrogen (secondary N) is 2. The molecule has 0 atom stereocenters. The molecule has 27 heavy (non-hydrogen) atoms. The molecule has 2 N–H and O–H groups in total. The average molecular weight is 361 g/mol. The number of nitrogens with zero attached hydrogens (tertiary/aromatic N) is 1. The molecule has 0 bridgehead atoms. The van der Waals surface area contributed by atoms with Gasteiger partial charge in [0.2, 0.25) is 0 Å². The number of benzene rings is 2. The van der Waals surface area contributed by atoms with Crippen LogP contribution in [-0.2, 0) is 10.2 Å². The van der Waals surface area contributed by atoms with Crippen LogP contribution in [0.2, 0.25) is 0 Å². The summed E-state index contributed by atoms with van der Waals surface area (Å²) in [4.78, 5) is 12.5. The fraction of sp³-hybridized carbons (Fsp3) is 0.304. The Kier molecular flexibility index (Phi) is 6.41. The number of anilines is 2. The summed E-state index contributed by atoms with van der Waals surface area (Å²) in [6, 6.07) is 17.6. The molecule has 0 spiro atoms. The van der Waals surface area contributed by atoms with Crippen LogP contribution in [0.4, 0.5) is 11.4 Å². The van der Waals surface area contributed by atoms with Gasteiger partial charge in [-0.05, 0) is 40.7 Å². The third kappa shape index (κ3) is 5.46. The van der Waals surface area contributed by atoms with E-state index in [9.17, 15) is 10.1 Å². The Labute approximate surface area is 161 Å². The van der Waals surface area contributed by atoms with Crippen LogP contribution in [0.15, 0.2) is 60.3 Å². The second-order valence-electron chi connectivity index (χ2n) is 7.84. The van der Waals surface area contributed by atoms with E-state index in [2.05, 4.69) is 45.3 Å². The lowest BCUT2D eigenvalue weighted by molar-refractivity contribution is -0.112. The third-order valence-electron chi connectivity index (χ3n) is 4.33. The van der Waals surface area contributed by atoms with Crippen LogP contribution >= 0.6 is 0 Å². The van der Waals surface area contributed by atoms with Gasteiger partial charge in [0.15, 0.2) is 0 Å². The molecule has 0 saturated heterocycles. The zero-order chi connectivity index (χ0) is 20.0. The van der Waals surface area contributed by atoms with E-state index in [1.807, 2.05) is 54.6 Å². The van der Waals surface area contributed by atoms with Gasteiger partial charge in [-0.2, -0.15) is 5.26 Å². The molecule has 4 heteroatoms. The Balaban J connectivity index is 2.12. The Bertz CT molecular complexity index is 866. The summed E-state index contributed by atoms with van der Waals surface area (Å²) < 4.78 is 0. The molecular weight excluding hydrogens is 334 g/mol. The highest BCUT2D eigenvalue weighted by atomic mass is 16.1. The van der Waals surface area contributed by atoms with Gasteiger partial charge < -0.3 is 10.6 Å². The first-order valence-corrected chi connectivity index (χ1v) is 9.10. The van der Waals surface area contributed by atoms with Gasteiger partial charge in [0.25, 0.3) is 5.91 Å². The Morgan fingerprint density at radius 2 is 1.70 bits per heavy atom. The molecule has 0 heterocycles. The Morgan fingerprint density at radius 1 is 1.07 bits per heavy atom. The zero-order valence-corrected chi connectivity index (χ0v) is 16.6. The van der Waals surface area contributed by atoms with Crippen LogP contribution in [0.1, 0.15) is 51.7 Å². The summed E-state index contributed by atoms with van der Waals surface area (Å²) in [5.41, 5.74) is 3.91. The maximum Gasteiger partial charge on any atom is 0.267 e. The van der Waals surface area contributed by atoms with Crippen molar-refractivity contribution in [3.8, 4) is 6.07 Å². The van der Waals surface area contributed by atoms with Crippen LogP contribution in [0, 0.1) is 11.3 Å². The molecule has 0 radical (unpaired) electrons. The van der Waals surface area contributed by atoms with Crippen molar-refractivity contribution in [2.45, 2.75) is 46.0 Å². The molecule has 4 nitrogen and oxygen atoms in total. The molecule has 0 unspecified atom stereocenters. The van der Waals surface area contributed by atoms with Crippen molar-refractivity contribution in [3.63, 3.8) is 0 Å². The molecule has 140 valence electrons. The number of amides is 1. The lowest BCUT2D eigenvalue weighted by Gasteiger charge is -2.19. The van der Waals surface area contributed by atoms with E-state index in [0.717, 1.165) is 16.9 Å². The predicted molar refractivity (Wildman–Crippen MR) is 112 cm³/mol. The van der Waals surface area contributed by atoms with Gasteiger partial charge in [-0.15, -0.1) is 0 Å². The number of para-hydroxylation sites is 1. The molecule has 0 aliphatic carbocycles. The fourth-order valence-corrected chi connectivity index (χ4v) is 2.67. The molecule has 0 aromatic heterocycles. The van der Waals surface area contributed by atoms with Crippen molar-refractivity contribution >= 4 is 17.3 Å². The van der Waals surface area contributed by atoms with Crippen molar-refractivity contribution < 1.29 is 4.79 Å². The maximum atomic E-state index is 12.5. The van der Waals surface area contributed by atoms with Gasteiger partial charge in [-0.1, -0.05) is 65.0 Å². The third-order valence-corrected chi connectivity index (χ3v) is 4.33. The minimum Gasteiger partial charge on any atom is -0.360 e. The Hall–Kier alpha value is -3.06. The van der Waals surface area contributed by atoms with Crippen molar-refractivity contribution in [1.82, 2.24) is 0 Å². The highest BCUT2D eigenvalue weighted by Crippen LogP contribution is 2.25. The van der Waals surface area contributed by atoms with E-state index in [1.165, 1.54) is 11.8 Å². The summed E-state index contributed by atoms with van der Waals surface area (Å²) in [6.07, 6.45) is 1.44. The second kappa shape index (κ2) is 8.55. The SMILES string of the molecule is CC(C)c1ccccc1NC(=O)/C(C#N)=C\Nc1ccc(C(C)(C)C)cc1. The number of hydrogen-bond acceptors (Lipinski definition) is 3. The first-order chi connectivity index (χ1) is 12.7. The zero-order valence-electron chi connectivity index (χ0n) is 16.6. The number of carbonyl (C=O) groups excluding carboxylic acids is 1. The molecule has 0 aliphatic heterocycles. The smallest absolute Gasteiger partial charge is 0.267 e. The number of hydrogen-bond donors (Lipinski definition) is 2. The lowest BCUT2D eigenvalue weighted by Crippen LogP contribution is -2.16. The molecule has 0 saturated carbocycles. The van der Waals surface area contributed by atoms with Crippen LogP contribution in [-0.4, -0.2) is 5.91 Å². The van der Waals surface area contributed by atoms with Crippen molar-refractivity contribution in [3.05, 3.63) is 71.4 Å². The van der Waals surface area contributed by atoms with Crippen LogP contribution in [0.25, 0.3) is 0 Å². The summed E-state index contributed by atoms with van der Waals surface area (Å²) in [7, 11) is 0. The van der Waals surface area contributed by atoms with Crippen molar-refractivity contribution in [1.29, 1.82) is 5.26 Å². The minimum absolute atomic E-state index is 0.0217.